The zero-order chi connectivity index (χ0) is 18.7. The van der Waals surface area contributed by atoms with Crippen molar-refractivity contribution in [1.82, 2.24) is 10.6 Å². The van der Waals surface area contributed by atoms with Crippen LogP contribution in [0.25, 0.3) is 0 Å². The van der Waals surface area contributed by atoms with Crippen LogP contribution in [0.4, 0.5) is 4.79 Å². The molecule has 1 rings (SSSR count). The van der Waals surface area contributed by atoms with E-state index in [2.05, 4.69) is 43.5 Å². The molecule has 0 aromatic heterocycles. The van der Waals surface area contributed by atoms with Gasteiger partial charge < -0.3 is 20.1 Å². The minimum Gasteiger partial charge on any atom is -0.494 e. The first kappa shape index (κ1) is 20.8. The molecule has 2 amide bonds. The highest BCUT2D eigenvalue weighted by Gasteiger charge is 2.12. The fourth-order valence-electron chi connectivity index (χ4n) is 2.11. The maximum atomic E-state index is 11.7. The highest BCUT2D eigenvalue weighted by molar-refractivity contribution is 5.75. The summed E-state index contributed by atoms with van der Waals surface area (Å²) in [5.41, 5.74) is 1.38. The topological polar surface area (TPSA) is 76.7 Å². The Balaban J connectivity index is 2.12. The van der Waals surface area contributed by atoms with Crippen molar-refractivity contribution in [3.63, 3.8) is 0 Å². The lowest BCUT2D eigenvalue weighted by Gasteiger charge is -2.19. The van der Waals surface area contributed by atoms with Crippen molar-refractivity contribution >= 4 is 12.0 Å². The molecular formula is C19H30N2O4. The van der Waals surface area contributed by atoms with Gasteiger partial charge in [0.15, 0.2) is 0 Å². The molecule has 6 nitrogen and oxygen atoms in total. The van der Waals surface area contributed by atoms with E-state index >= 15 is 0 Å². The van der Waals surface area contributed by atoms with Crippen molar-refractivity contribution in [2.24, 2.45) is 0 Å². The summed E-state index contributed by atoms with van der Waals surface area (Å²) < 4.78 is 10.4. The van der Waals surface area contributed by atoms with Gasteiger partial charge in [-0.2, -0.15) is 0 Å². The normalized spacial score (nSPS) is 10.9. The lowest BCUT2D eigenvalue weighted by molar-refractivity contribution is -0.121. The number of carbonyl (C=O) groups excluding carboxylic acids is 2. The lowest BCUT2D eigenvalue weighted by Crippen LogP contribution is -2.35. The van der Waals surface area contributed by atoms with Crippen molar-refractivity contribution in [1.29, 1.82) is 0 Å². The molecule has 6 heteroatoms. The van der Waals surface area contributed by atoms with Gasteiger partial charge in [-0.1, -0.05) is 32.9 Å². The van der Waals surface area contributed by atoms with Crippen LogP contribution >= 0.6 is 0 Å². The maximum absolute atomic E-state index is 11.7. The second kappa shape index (κ2) is 10.6. The zero-order valence-electron chi connectivity index (χ0n) is 15.7. The predicted octanol–water partition coefficient (Wildman–Crippen LogP) is 3.01. The van der Waals surface area contributed by atoms with Gasteiger partial charge in [0, 0.05) is 19.5 Å². The van der Waals surface area contributed by atoms with E-state index in [0.717, 1.165) is 5.75 Å². The predicted molar refractivity (Wildman–Crippen MR) is 97.9 cm³/mol. The van der Waals surface area contributed by atoms with Crippen molar-refractivity contribution in [2.45, 2.75) is 46.0 Å². The quantitative estimate of drug-likeness (QED) is 0.671. The summed E-state index contributed by atoms with van der Waals surface area (Å²) in [4.78, 5) is 22.7. The summed E-state index contributed by atoms with van der Waals surface area (Å²) in [6.07, 6.45) is 0.556. The first-order chi connectivity index (χ1) is 11.8. The van der Waals surface area contributed by atoms with E-state index in [4.69, 9.17) is 9.47 Å². The number of alkyl carbamates (subject to hydrolysis) is 1. The second-order valence-corrected chi connectivity index (χ2v) is 6.72. The van der Waals surface area contributed by atoms with Gasteiger partial charge in [-0.3, -0.25) is 4.79 Å². The molecule has 0 bridgehead atoms. The van der Waals surface area contributed by atoms with Crippen LogP contribution in [0, 0.1) is 0 Å². The van der Waals surface area contributed by atoms with Crippen molar-refractivity contribution < 1.29 is 19.1 Å². The minimum atomic E-state index is -0.470. The van der Waals surface area contributed by atoms with Gasteiger partial charge in [-0.25, -0.2) is 4.79 Å². The Bertz CT molecular complexity index is 535. The maximum Gasteiger partial charge on any atom is 0.407 e. The number of ether oxygens (including phenoxy) is 2. The average Bonchev–Trinajstić information content (AvgIpc) is 2.55. The Hall–Kier alpha value is -2.24. The summed E-state index contributed by atoms with van der Waals surface area (Å²) in [7, 11) is 0. The highest BCUT2D eigenvalue weighted by Crippen LogP contribution is 2.24. The van der Waals surface area contributed by atoms with Crippen LogP contribution in [0.15, 0.2) is 24.3 Å². The summed E-state index contributed by atoms with van der Waals surface area (Å²) in [6.45, 7) is 9.80. The molecule has 0 aliphatic carbocycles. The van der Waals surface area contributed by atoms with E-state index in [0.29, 0.717) is 39.1 Å². The molecule has 25 heavy (non-hydrogen) atoms. The number of rotatable bonds is 9. The molecule has 0 fully saturated rings. The van der Waals surface area contributed by atoms with E-state index in [1.165, 1.54) is 5.56 Å². The summed E-state index contributed by atoms with van der Waals surface area (Å²) >= 11 is 0. The van der Waals surface area contributed by atoms with Gasteiger partial charge in [0.05, 0.1) is 13.2 Å². The molecule has 0 heterocycles. The summed E-state index contributed by atoms with van der Waals surface area (Å²) in [5, 5.41) is 5.28. The van der Waals surface area contributed by atoms with Crippen LogP contribution in [0.1, 0.15) is 46.1 Å². The Morgan fingerprint density at radius 3 is 2.28 bits per heavy atom. The fourth-order valence-corrected chi connectivity index (χ4v) is 2.11. The van der Waals surface area contributed by atoms with Gasteiger partial charge >= 0.3 is 6.09 Å². The molecular weight excluding hydrogens is 320 g/mol. The number of hydrogen-bond acceptors (Lipinski definition) is 4. The van der Waals surface area contributed by atoms with Crippen LogP contribution in [0.5, 0.6) is 5.75 Å². The van der Waals surface area contributed by atoms with Crippen LogP contribution in [-0.4, -0.2) is 38.3 Å². The smallest absolute Gasteiger partial charge is 0.407 e. The molecule has 0 aliphatic rings. The van der Waals surface area contributed by atoms with Crippen molar-refractivity contribution in [3.05, 3.63) is 29.8 Å². The lowest BCUT2D eigenvalue weighted by atomic mass is 9.87. The van der Waals surface area contributed by atoms with E-state index in [9.17, 15) is 9.59 Å². The third kappa shape index (κ3) is 8.98. The Morgan fingerprint density at radius 2 is 1.68 bits per heavy atom. The number of benzene rings is 1. The van der Waals surface area contributed by atoms with Gasteiger partial charge in [-0.05, 0) is 36.5 Å². The molecule has 1 aromatic carbocycles. The van der Waals surface area contributed by atoms with Crippen LogP contribution in [0.3, 0.4) is 0 Å². The molecule has 0 atom stereocenters. The molecule has 0 aliphatic heterocycles. The van der Waals surface area contributed by atoms with E-state index in [-0.39, 0.29) is 11.3 Å². The standard InChI is InChI=1S/C19H30N2O4/c1-5-24-18(23)21-13-12-20-17(22)7-6-14-25-16-10-8-15(9-11-16)19(2,3)4/h8-11H,5-7,12-14H2,1-4H3,(H,20,22)(H,21,23). The van der Waals surface area contributed by atoms with Gasteiger partial charge in [0.25, 0.3) is 0 Å². The number of nitrogens with one attached hydrogen (secondary N) is 2. The van der Waals surface area contributed by atoms with Gasteiger partial charge in [0.1, 0.15) is 5.75 Å². The minimum absolute atomic E-state index is 0.0580. The molecule has 0 saturated heterocycles. The van der Waals surface area contributed by atoms with Crippen molar-refractivity contribution in [3.8, 4) is 5.75 Å². The zero-order valence-corrected chi connectivity index (χ0v) is 15.7. The highest BCUT2D eigenvalue weighted by atomic mass is 16.5. The molecule has 1 aromatic rings. The van der Waals surface area contributed by atoms with E-state index < -0.39 is 6.09 Å². The first-order valence-corrected chi connectivity index (χ1v) is 8.73. The SMILES string of the molecule is CCOC(=O)NCCNC(=O)CCCOc1ccc(C(C)(C)C)cc1. The third-order valence-electron chi connectivity index (χ3n) is 3.53. The fraction of sp³-hybridized carbons (Fsp3) is 0.579. The van der Waals surface area contributed by atoms with Gasteiger partial charge in [-0.15, -0.1) is 0 Å². The molecule has 2 N–H and O–H groups in total. The summed E-state index contributed by atoms with van der Waals surface area (Å²) in [6, 6.07) is 8.06. The van der Waals surface area contributed by atoms with Crippen molar-refractivity contribution in [2.75, 3.05) is 26.3 Å². The Kier molecular flexibility index (Phi) is 8.81. The number of carbonyl (C=O) groups is 2. The first-order valence-electron chi connectivity index (χ1n) is 8.73. The molecule has 0 spiro atoms. The third-order valence-corrected chi connectivity index (χ3v) is 3.53. The average molecular weight is 350 g/mol. The molecule has 140 valence electrons. The molecule has 0 radical (unpaired) electrons. The number of hydrogen-bond donors (Lipinski definition) is 2. The Morgan fingerprint density at radius 1 is 1.04 bits per heavy atom. The second-order valence-electron chi connectivity index (χ2n) is 6.72. The molecule has 0 unspecified atom stereocenters. The van der Waals surface area contributed by atoms with Crippen LogP contribution < -0.4 is 15.4 Å². The van der Waals surface area contributed by atoms with Crippen LogP contribution in [0.2, 0.25) is 0 Å². The monoisotopic (exact) mass is 350 g/mol. The molecule has 0 saturated carbocycles. The van der Waals surface area contributed by atoms with Crippen LogP contribution in [-0.2, 0) is 14.9 Å². The van der Waals surface area contributed by atoms with E-state index in [1.807, 2.05) is 12.1 Å². The van der Waals surface area contributed by atoms with Gasteiger partial charge in [0.2, 0.25) is 5.91 Å². The summed E-state index contributed by atoms with van der Waals surface area (Å²) in [5.74, 6) is 0.754. The largest absolute Gasteiger partial charge is 0.494 e. The number of amides is 2. The van der Waals surface area contributed by atoms with E-state index in [1.54, 1.807) is 6.92 Å². The Labute approximate surface area is 150 Å².